The Balaban J connectivity index is 1.88. The van der Waals surface area contributed by atoms with E-state index in [2.05, 4.69) is 50.4 Å². The fraction of sp³-hybridized carbons (Fsp3) is 0.182. The predicted molar refractivity (Wildman–Crippen MR) is 104 cm³/mol. The third kappa shape index (κ3) is 2.65. The van der Waals surface area contributed by atoms with Crippen LogP contribution >= 0.6 is 11.3 Å². The molecule has 2 aromatic carbocycles. The Kier molecular flexibility index (Phi) is 3.69. The molecule has 0 unspecified atom stereocenters. The van der Waals surface area contributed by atoms with Gasteiger partial charge in [-0.1, -0.05) is 49.7 Å². The monoisotopic (exact) mass is 348 g/mol. The first-order valence-corrected chi connectivity index (χ1v) is 9.20. The highest BCUT2D eigenvalue weighted by molar-refractivity contribution is 7.10. The summed E-state index contributed by atoms with van der Waals surface area (Å²) in [6, 6.07) is 16.3. The van der Waals surface area contributed by atoms with Crippen molar-refractivity contribution >= 4 is 22.3 Å². The molecule has 0 amide bonds. The average molecular weight is 348 g/mol. The number of hydrogen-bond donors (Lipinski definition) is 1. The highest BCUT2D eigenvalue weighted by Gasteiger charge is 2.26. The molecule has 4 aromatic rings. The number of phenols is 1. The van der Waals surface area contributed by atoms with Crippen molar-refractivity contribution in [2.75, 3.05) is 0 Å². The molecule has 1 N–H and O–H groups in total. The van der Waals surface area contributed by atoms with E-state index in [0.717, 1.165) is 27.7 Å². The second-order valence-electron chi connectivity index (χ2n) is 6.99. The van der Waals surface area contributed by atoms with Crippen LogP contribution in [0.25, 0.3) is 22.1 Å². The van der Waals surface area contributed by atoms with E-state index < -0.39 is 0 Å². The van der Waals surface area contributed by atoms with Gasteiger partial charge in [-0.3, -0.25) is 0 Å². The maximum Gasteiger partial charge on any atom is 0.138 e. The molecular weight excluding hydrogens is 328 g/mol. The highest BCUT2D eigenvalue weighted by atomic mass is 32.1. The summed E-state index contributed by atoms with van der Waals surface area (Å²) in [5.41, 5.74) is 4.75. The number of rotatable bonds is 3. The third-order valence-electron chi connectivity index (χ3n) is 4.84. The maximum absolute atomic E-state index is 10.8. The van der Waals surface area contributed by atoms with Crippen LogP contribution in [0.1, 0.15) is 29.9 Å². The van der Waals surface area contributed by atoms with Crippen LogP contribution < -0.4 is 0 Å². The summed E-state index contributed by atoms with van der Waals surface area (Å²) >= 11 is 1.73. The van der Waals surface area contributed by atoms with Crippen LogP contribution in [0.5, 0.6) is 5.75 Å². The topological polar surface area (TPSA) is 33.4 Å². The minimum atomic E-state index is -0.184. The van der Waals surface area contributed by atoms with E-state index in [1.807, 2.05) is 24.3 Å². The zero-order valence-corrected chi connectivity index (χ0v) is 15.4. The van der Waals surface area contributed by atoms with Crippen molar-refractivity contribution < 1.29 is 9.52 Å². The quantitative estimate of drug-likeness (QED) is 0.458. The van der Waals surface area contributed by atoms with E-state index in [0.29, 0.717) is 0 Å². The largest absolute Gasteiger partial charge is 0.507 e. The summed E-state index contributed by atoms with van der Waals surface area (Å²) in [4.78, 5) is 1.26. The Hall–Kier alpha value is -2.52. The molecule has 0 fully saturated rings. The lowest BCUT2D eigenvalue weighted by molar-refractivity contribution is 0.478. The van der Waals surface area contributed by atoms with Crippen molar-refractivity contribution in [2.45, 2.75) is 26.2 Å². The standard InChI is InChI=1S/C22H20O2S/c1-14-6-4-7-15(10-14)17-13-24-19-12-16(11-18(23)21(17)19)22(2,3)20-8-5-9-25-20/h4-13,23H,1-3H3. The molecule has 0 saturated carbocycles. The Morgan fingerprint density at radius 3 is 2.60 bits per heavy atom. The number of aryl methyl sites for hydroxylation is 1. The number of thiophene rings is 1. The third-order valence-corrected chi connectivity index (χ3v) is 6.04. The van der Waals surface area contributed by atoms with Gasteiger partial charge in [0.25, 0.3) is 0 Å². The highest BCUT2D eigenvalue weighted by Crippen LogP contribution is 2.42. The van der Waals surface area contributed by atoms with Crippen molar-refractivity contribution in [3.8, 4) is 16.9 Å². The Labute approximate surface area is 151 Å². The van der Waals surface area contributed by atoms with Gasteiger partial charge in [0.1, 0.15) is 11.3 Å². The molecule has 2 heterocycles. The number of fused-ring (bicyclic) bond motifs is 1. The van der Waals surface area contributed by atoms with Gasteiger partial charge in [-0.15, -0.1) is 11.3 Å². The first kappa shape index (κ1) is 16.0. The number of hydrogen-bond acceptors (Lipinski definition) is 3. The smallest absolute Gasteiger partial charge is 0.138 e. The second kappa shape index (κ2) is 5.78. The second-order valence-corrected chi connectivity index (χ2v) is 7.94. The Morgan fingerprint density at radius 2 is 1.88 bits per heavy atom. The number of benzene rings is 2. The van der Waals surface area contributed by atoms with Crippen molar-refractivity contribution in [2.24, 2.45) is 0 Å². The molecule has 0 bridgehead atoms. The van der Waals surface area contributed by atoms with Crippen molar-refractivity contribution in [3.05, 3.63) is 76.2 Å². The molecule has 0 aliphatic heterocycles. The van der Waals surface area contributed by atoms with E-state index in [1.54, 1.807) is 17.6 Å². The summed E-state index contributed by atoms with van der Waals surface area (Å²) < 4.78 is 5.82. The van der Waals surface area contributed by atoms with Gasteiger partial charge in [0.2, 0.25) is 0 Å². The summed E-state index contributed by atoms with van der Waals surface area (Å²) in [7, 11) is 0. The van der Waals surface area contributed by atoms with E-state index in [9.17, 15) is 5.11 Å². The molecule has 0 aliphatic rings. The summed E-state index contributed by atoms with van der Waals surface area (Å²) in [6.07, 6.45) is 1.74. The van der Waals surface area contributed by atoms with Crippen molar-refractivity contribution in [1.29, 1.82) is 0 Å². The molecule has 2 aromatic heterocycles. The SMILES string of the molecule is Cc1cccc(-c2coc3cc(C(C)(C)c4cccs4)cc(O)c23)c1. The Bertz CT molecular complexity index is 1040. The molecule has 126 valence electrons. The van der Waals surface area contributed by atoms with Crippen LogP contribution in [-0.4, -0.2) is 5.11 Å². The lowest BCUT2D eigenvalue weighted by Gasteiger charge is -2.24. The lowest BCUT2D eigenvalue weighted by Crippen LogP contribution is -2.17. The zero-order chi connectivity index (χ0) is 17.6. The van der Waals surface area contributed by atoms with E-state index >= 15 is 0 Å². The van der Waals surface area contributed by atoms with Crippen LogP contribution in [-0.2, 0) is 5.41 Å². The van der Waals surface area contributed by atoms with Crippen LogP contribution in [0.2, 0.25) is 0 Å². The van der Waals surface area contributed by atoms with Gasteiger partial charge in [-0.2, -0.15) is 0 Å². The van der Waals surface area contributed by atoms with Gasteiger partial charge >= 0.3 is 0 Å². The molecular formula is C22H20O2S. The van der Waals surface area contributed by atoms with E-state index in [-0.39, 0.29) is 11.2 Å². The van der Waals surface area contributed by atoms with Crippen LogP contribution in [0.3, 0.4) is 0 Å². The summed E-state index contributed by atoms with van der Waals surface area (Å²) in [5.74, 6) is 0.266. The fourth-order valence-corrected chi connectivity index (χ4v) is 4.18. The van der Waals surface area contributed by atoms with Gasteiger partial charge in [-0.05, 0) is 41.6 Å². The number of aromatic hydroxyl groups is 1. The summed E-state index contributed by atoms with van der Waals surface area (Å²) in [6.45, 7) is 6.40. The normalized spacial score (nSPS) is 12.0. The molecule has 3 heteroatoms. The van der Waals surface area contributed by atoms with Gasteiger partial charge < -0.3 is 9.52 Å². The van der Waals surface area contributed by atoms with Gasteiger partial charge in [0.15, 0.2) is 0 Å². The Morgan fingerprint density at radius 1 is 1.04 bits per heavy atom. The lowest BCUT2D eigenvalue weighted by atomic mass is 9.82. The molecule has 0 radical (unpaired) electrons. The maximum atomic E-state index is 10.8. The molecule has 0 spiro atoms. The average Bonchev–Trinajstić information content (AvgIpc) is 3.25. The van der Waals surface area contributed by atoms with E-state index in [1.165, 1.54) is 10.4 Å². The van der Waals surface area contributed by atoms with Crippen LogP contribution in [0.15, 0.2) is 64.6 Å². The van der Waals surface area contributed by atoms with Gasteiger partial charge in [0.05, 0.1) is 11.6 Å². The van der Waals surface area contributed by atoms with Crippen molar-refractivity contribution in [1.82, 2.24) is 0 Å². The molecule has 0 aliphatic carbocycles. The van der Waals surface area contributed by atoms with Crippen molar-refractivity contribution in [3.63, 3.8) is 0 Å². The number of phenolic OH excluding ortho intramolecular Hbond substituents is 1. The minimum Gasteiger partial charge on any atom is -0.507 e. The van der Waals surface area contributed by atoms with Gasteiger partial charge in [0, 0.05) is 15.9 Å². The summed E-state index contributed by atoms with van der Waals surface area (Å²) in [5, 5.41) is 13.6. The minimum absolute atomic E-state index is 0.184. The molecule has 25 heavy (non-hydrogen) atoms. The zero-order valence-electron chi connectivity index (χ0n) is 14.5. The first-order valence-electron chi connectivity index (χ1n) is 8.32. The van der Waals surface area contributed by atoms with Crippen LogP contribution in [0, 0.1) is 6.92 Å². The molecule has 4 rings (SSSR count). The predicted octanol–water partition coefficient (Wildman–Crippen LogP) is 6.50. The number of furan rings is 1. The van der Waals surface area contributed by atoms with Gasteiger partial charge in [-0.25, -0.2) is 0 Å². The van der Waals surface area contributed by atoms with E-state index in [4.69, 9.17) is 4.42 Å². The molecule has 2 nitrogen and oxygen atoms in total. The first-order chi connectivity index (χ1) is 12.0. The van der Waals surface area contributed by atoms with Crippen LogP contribution in [0.4, 0.5) is 0 Å². The molecule has 0 atom stereocenters. The fourth-order valence-electron chi connectivity index (χ4n) is 3.31. The molecule has 0 saturated heterocycles.